The maximum absolute atomic E-state index is 13.0. The molecule has 4 amide bonds. The molecule has 0 aliphatic carbocycles. The van der Waals surface area contributed by atoms with Gasteiger partial charge in [-0.05, 0) is 49.9 Å². The third-order valence-electron chi connectivity index (χ3n) is 6.39. The van der Waals surface area contributed by atoms with Crippen LogP contribution >= 0.6 is 0 Å². The van der Waals surface area contributed by atoms with E-state index in [1.807, 2.05) is 6.07 Å². The normalized spacial score (nSPS) is 29.8. The van der Waals surface area contributed by atoms with Crippen molar-refractivity contribution in [1.29, 1.82) is 0 Å². The summed E-state index contributed by atoms with van der Waals surface area (Å²) >= 11 is 0. The highest BCUT2D eigenvalue weighted by atomic mass is 16.2. The van der Waals surface area contributed by atoms with E-state index in [0.29, 0.717) is 23.1 Å². The van der Waals surface area contributed by atoms with Gasteiger partial charge in [0.1, 0.15) is 6.04 Å². The lowest BCUT2D eigenvalue weighted by atomic mass is 9.94. The Morgan fingerprint density at radius 2 is 1.79 bits per heavy atom. The number of imide groups is 2. The van der Waals surface area contributed by atoms with Crippen molar-refractivity contribution >= 4 is 29.3 Å². The molecule has 4 aliphatic heterocycles. The molecule has 2 N–H and O–H groups in total. The number of fused-ring (bicyclic) bond motifs is 2. The topological polar surface area (TPSA) is 98.8 Å². The van der Waals surface area contributed by atoms with Crippen LogP contribution in [0.15, 0.2) is 18.2 Å². The van der Waals surface area contributed by atoms with E-state index in [1.54, 1.807) is 12.1 Å². The van der Waals surface area contributed by atoms with E-state index in [1.165, 1.54) is 12.8 Å². The van der Waals surface area contributed by atoms with Gasteiger partial charge in [0.15, 0.2) is 0 Å². The average Bonchev–Trinajstić information content (AvgIpc) is 3.22. The van der Waals surface area contributed by atoms with Gasteiger partial charge < -0.3 is 10.2 Å². The van der Waals surface area contributed by atoms with Crippen molar-refractivity contribution in [3.8, 4) is 0 Å². The van der Waals surface area contributed by atoms with Crippen molar-refractivity contribution in [1.82, 2.24) is 15.5 Å². The van der Waals surface area contributed by atoms with Crippen LogP contribution in [0.2, 0.25) is 0 Å². The van der Waals surface area contributed by atoms with E-state index >= 15 is 0 Å². The van der Waals surface area contributed by atoms with Crippen LogP contribution in [-0.4, -0.2) is 60.2 Å². The highest BCUT2D eigenvalue weighted by Crippen LogP contribution is 2.34. The Morgan fingerprint density at radius 3 is 2.57 bits per heavy atom. The van der Waals surface area contributed by atoms with E-state index in [9.17, 15) is 19.2 Å². The van der Waals surface area contributed by atoms with Gasteiger partial charge in [0.25, 0.3) is 11.8 Å². The summed E-state index contributed by atoms with van der Waals surface area (Å²) in [5, 5.41) is 5.78. The van der Waals surface area contributed by atoms with Crippen molar-refractivity contribution in [2.75, 3.05) is 24.5 Å². The number of nitrogens with zero attached hydrogens (tertiary/aromatic N) is 2. The van der Waals surface area contributed by atoms with E-state index in [2.05, 4.69) is 15.5 Å². The summed E-state index contributed by atoms with van der Waals surface area (Å²) in [4.78, 5) is 52.6. The largest absolute Gasteiger partial charge is 0.370 e. The van der Waals surface area contributed by atoms with Gasteiger partial charge in [0, 0.05) is 31.2 Å². The van der Waals surface area contributed by atoms with E-state index in [-0.39, 0.29) is 18.7 Å². The second-order valence-electron chi connectivity index (χ2n) is 8.05. The minimum absolute atomic E-state index is 0.124. The van der Waals surface area contributed by atoms with Crippen LogP contribution in [0.5, 0.6) is 0 Å². The molecule has 8 heteroatoms. The van der Waals surface area contributed by atoms with Gasteiger partial charge in [-0.2, -0.15) is 0 Å². The second kappa shape index (κ2) is 6.41. The summed E-state index contributed by atoms with van der Waals surface area (Å²) in [5.41, 5.74) is 1.60. The number of hydrogen-bond donors (Lipinski definition) is 2. The SMILES string of the molecule is O=C1CCC(N2C(=O)c3ccc(N4C[C@@H]5CCCN[C@@H]5C4)cc3C2=O)C(=O)N1. The molecule has 3 fully saturated rings. The van der Waals surface area contributed by atoms with E-state index in [4.69, 9.17) is 0 Å². The zero-order valence-electron chi connectivity index (χ0n) is 15.4. The molecule has 0 spiro atoms. The number of hydrogen-bond acceptors (Lipinski definition) is 6. The maximum Gasteiger partial charge on any atom is 0.262 e. The summed E-state index contributed by atoms with van der Waals surface area (Å²) in [6.45, 7) is 2.88. The molecule has 0 aromatic heterocycles. The zero-order chi connectivity index (χ0) is 19.4. The highest BCUT2D eigenvalue weighted by Gasteiger charge is 2.45. The fourth-order valence-electron chi connectivity index (χ4n) is 4.91. The Kier molecular flexibility index (Phi) is 3.97. The molecule has 1 aromatic rings. The molecule has 146 valence electrons. The third-order valence-corrected chi connectivity index (χ3v) is 6.39. The molecule has 4 aliphatic rings. The lowest BCUT2D eigenvalue weighted by Gasteiger charge is -2.27. The first kappa shape index (κ1) is 17.4. The van der Waals surface area contributed by atoms with Gasteiger partial charge in [0.2, 0.25) is 11.8 Å². The summed E-state index contributed by atoms with van der Waals surface area (Å²) < 4.78 is 0. The first-order chi connectivity index (χ1) is 13.5. The van der Waals surface area contributed by atoms with Crippen LogP contribution in [0, 0.1) is 5.92 Å². The standard InChI is InChI=1S/C20H22N4O4/c25-17-6-5-16(18(26)22-17)24-19(27)13-4-3-12(8-14(13)20(24)28)23-9-11-2-1-7-21-15(11)10-23/h3-4,8,11,15-16,21H,1-2,5-7,9-10H2,(H,22,25,26)/t11-,15+,16?/m0/s1. The third kappa shape index (κ3) is 2.63. The average molecular weight is 382 g/mol. The maximum atomic E-state index is 13.0. The van der Waals surface area contributed by atoms with Crippen LogP contribution in [0.25, 0.3) is 0 Å². The fourth-order valence-corrected chi connectivity index (χ4v) is 4.91. The Labute approximate surface area is 162 Å². The van der Waals surface area contributed by atoms with Crippen LogP contribution in [0.3, 0.4) is 0 Å². The van der Waals surface area contributed by atoms with E-state index in [0.717, 1.165) is 30.2 Å². The molecule has 1 aromatic carbocycles. The molecule has 0 saturated carbocycles. The van der Waals surface area contributed by atoms with Gasteiger partial charge in [0.05, 0.1) is 11.1 Å². The van der Waals surface area contributed by atoms with Crippen molar-refractivity contribution in [3.05, 3.63) is 29.3 Å². The monoisotopic (exact) mass is 382 g/mol. The molecular formula is C20H22N4O4. The van der Waals surface area contributed by atoms with Crippen LogP contribution < -0.4 is 15.5 Å². The molecule has 4 heterocycles. The number of benzene rings is 1. The molecule has 3 atom stereocenters. The lowest BCUT2D eigenvalue weighted by Crippen LogP contribution is -2.54. The van der Waals surface area contributed by atoms with Gasteiger partial charge in [-0.15, -0.1) is 0 Å². The number of carbonyl (C=O) groups is 4. The Morgan fingerprint density at radius 1 is 0.964 bits per heavy atom. The number of anilines is 1. The fraction of sp³-hybridized carbons (Fsp3) is 0.500. The summed E-state index contributed by atoms with van der Waals surface area (Å²) in [6, 6.07) is 4.90. The molecule has 28 heavy (non-hydrogen) atoms. The van der Waals surface area contributed by atoms with Crippen molar-refractivity contribution < 1.29 is 19.2 Å². The lowest BCUT2D eigenvalue weighted by molar-refractivity contribution is -0.136. The quantitative estimate of drug-likeness (QED) is 0.713. The Bertz CT molecular complexity index is 884. The Hall–Kier alpha value is -2.74. The molecule has 0 radical (unpaired) electrons. The molecule has 5 rings (SSSR count). The Balaban J connectivity index is 1.40. The van der Waals surface area contributed by atoms with Crippen molar-refractivity contribution in [3.63, 3.8) is 0 Å². The number of amides is 4. The number of nitrogens with one attached hydrogen (secondary N) is 2. The predicted octanol–water partition coefficient (Wildman–Crippen LogP) is 0.276. The van der Waals surface area contributed by atoms with Crippen LogP contribution in [-0.2, 0) is 9.59 Å². The molecule has 8 nitrogen and oxygen atoms in total. The smallest absolute Gasteiger partial charge is 0.262 e. The van der Waals surface area contributed by atoms with Crippen LogP contribution in [0.1, 0.15) is 46.4 Å². The van der Waals surface area contributed by atoms with Gasteiger partial charge in [-0.3, -0.25) is 29.4 Å². The molecule has 1 unspecified atom stereocenters. The molecule has 3 saturated heterocycles. The number of rotatable bonds is 2. The first-order valence-electron chi connectivity index (χ1n) is 9.87. The summed E-state index contributed by atoms with van der Waals surface area (Å²) in [6.07, 6.45) is 2.69. The molecule has 0 bridgehead atoms. The van der Waals surface area contributed by atoms with E-state index < -0.39 is 23.8 Å². The second-order valence-corrected chi connectivity index (χ2v) is 8.05. The minimum Gasteiger partial charge on any atom is -0.370 e. The summed E-state index contributed by atoms with van der Waals surface area (Å²) in [5.74, 6) is -1.26. The minimum atomic E-state index is -0.924. The van der Waals surface area contributed by atoms with Gasteiger partial charge in [-0.1, -0.05) is 0 Å². The number of piperidine rings is 2. The van der Waals surface area contributed by atoms with Gasteiger partial charge >= 0.3 is 0 Å². The zero-order valence-corrected chi connectivity index (χ0v) is 15.4. The first-order valence-corrected chi connectivity index (χ1v) is 9.87. The molecular weight excluding hydrogens is 360 g/mol. The van der Waals surface area contributed by atoms with Gasteiger partial charge in [-0.25, -0.2) is 0 Å². The van der Waals surface area contributed by atoms with Crippen LogP contribution in [0.4, 0.5) is 5.69 Å². The predicted molar refractivity (Wildman–Crippen MR) is 99.8 cm³/mol. The highest BCUT2D eigenvalue weighted by molar-refractivity contribution is 6.23. The van der Waals surface area contributed by atoms with Crippen molar-refractivity contribution in [2.24, 2.45) is 5.92 Å². The summed E-state index contributed by atoms with van der Waals surface area (Å²) in [7, 11) is 0. The number of carbonyl (C=O) groups excluding carboxylic acids is 4. The van der Waals surface area contributed by atoms with Crippen molar-refractivity contribution in [2.45, 2.75) is 37.8 Å².